The first-order valence-corrected chi connectivity index (χ1v) is 12.4. The fraction of sp³-hybridized carbons (Fsp3) is 0.818. The molecule has 0 amide bonds. The molecule has 6 heteroatoms. The summed E-state index contributed by atoms with van der Waals surface area (Å²) in [5.74, 6) is -2.55. The molecule has 0 unspecified atom stereocenters. The van der Waals surface area contributed by atoms with E-state index in [2.05, 4.69) is 19.6 Å². The van der Waals surface area contributed by atoms with Crippen LogP contribution in [0.2, 0.25) is 43.8 Å². The van der Waals surface area contributed by atoms with Crippen molar-refractivity contribution in [1.82, 2.24) is 0 Å². The van der Waals surface area contributed by atoms with Crippen molar-refractivity contribution in [1.29, 1.82) is 0 Å². The number of aliphatic carboxylic acids is 1. The van der Waals surface area contributed by atoms with Gasteiger partial charge in [0.1, 0.15) is 0 Å². The molecule has 0 radical (unpaired) electrons. The Labute approximate surface area is 106 Å². The monoisotopic (exact) mass is 276 g/mol. The number of hydrogen-bond donors (Lipinski definition) is 1. The molecule has 4 nitrogen and oxygen atoms in total. The highest BCUT2D eigenvalue weighted by atomic mass is 28.4. The first kappa shape index (κ1) is 16.4. The van der Waals surface area contributed by atoms with Crippen molar-refractivity contribution < 1.29 is 19.1 Å². The van der Waals surface area contributed by atoms with Gasteiger partial charge in [-0.2, -0.15) is 0 Å². The largest absolute Gasteiger partial charge is 0.511 e. The third-order valence-corrected chi connectivity index (χ3v) is 9.71. The van der Waals surface area contributed by atoms with E-state index in [0.29, 0.717) is 0 Å². The van der Waals surface area contributed by atoms with E-state index >= 15 is 0 Å². The molecular formula is C11H24O4Si2. The van der Waals surface area contributed by atoms with Crippen molar-refractivity contribution in [3.8, 4) is 0 Å². The van der Waals surface area contributed by atoms with Gasteiger partial charge in [-0.3, -0.25) is 0 Å². The Morgan fingerprint density at radius 2 is 1.53 bits per heavy atom. The molecule has 0 aliphatic rings. The summed E-state index contributed by atoms with van der Waals surface area (Å²) in [5.41, 5.74) is 0. The lowest BCUT2D eigenvalue weighted by atomic mass is 10.7. The van der Waals surface area contributed by atoms with Crippen molar-refractivity contribution in [2.45, 2.75) is 57.7 Å². The lowest BCUT2D eigenvalue weighted by molar-refractivity contribution is -0.158. The first-order chi connectivity index (χ1) is 7.66. The van der Waals surface area contributed by atoms with Gasteiger partial charge in [0.15, 0.2) is 0 Å². The van der Waals surface area contributed by atoms with Gasteiger partial charge in [-0.05, 0) is 18.1 Å². The standard InChI is InChI=1S/C11H24O4Si2/c1-6-17(7-2,9-8-16(3,4)5)15-11(14)10(12)13/h6-9H2,1-5H3,(H,12,13). The average molecular weight is 276 g/mol. The molecule has 0 rings (SSSR count). The van der Waals surface area contributed by atoms with Crippen LogP contribution in [0.25, 0.3) is 0 Å². The fourth-order valence-electron chi connectivity index (χ4n) is 1.64. The SMILES string of the molecule is CC[Si](CC)(CC[Si](C)(C)C)OC(=O)C(=O)O. The summed E-state index contributed by atoms with van der Waals surface area (Å²) in [6.07, 6.45) is 0. The third kappa shape index (κ3) is 6.02. The maximum absolute atomic E-state index is 11.2. The van der Waals surface area contributed by atoms with Gasteiger partial charge in [-0.25, -0.2) is 9.59 Å². The van der Waals surface area contributed by atoms with Crippen LogP contribution in [0.5, 0.6) is 0 Å². The highest BCUT2D eigenvalue weighted by Crippen LogP contribution is 2.27. The predicted molar refractivity (Wildman–Crippen MR) is 73.4 cm³/mol. The Kier molecular flexibility index (Phi) is 6.11. The van der Waals surface area contributed by atoms with Gasteiger partial charge in [-0.15, -0.1) is 0 Å². The number of carbonyl (C=O) groups excluding carboxylic acids is 1. The molecule has 0 aliphatic heterocycles. The van der Waals surface area contributed by atoms with Gasteiger partial charge in [-0.1, -0.05) is 39.5 Å². The van der Waals surface area contributed by atoms with Gasteiger partial charge in [0.25, 0.3) is 8.32 Å². The Balaban J connectivity index is 4.67. The number of rotatable bonds is 6. The van der Waals surface area contributed by atoms with Crippen LogP contribution in [0.4, 0.5) is 0 Å². The molecule has 0 bridgehead atoms. The molecule has 1 N–H and O–H groups in total. The molecule has 0 heterocycles. The average Bonchev–Trinajstić information content (AvgIpc) is 2.22. The number of hydrogen-bond acceptors (Lipinski definition) is 3. The summed E-state index contributed by atoms with van der Waals surface area (Å²) < 4.78 is 5.32. The summed E-state index contributed by atoms with van der Waals surface area (Å²) in [6, 6.07) is 3.59. The van der Waals surface area contributed by atoms with Crippen LogP contribution in [0.1, 0.15) is 13.8 Å². The number of carbonyl (C=O) groups is 2. The highest BCUT2D eigenvalue weighted by molar-refractivity contribution is 6.81. The minimum Gasteiger partial charge on any atom is -0.511 e. The third-order valence-electron chi connectivity index (χ3n) is 3.10. The molecule has 0 spiro atoms. The Morgan fingerprint density at radius 3 is 1.82 bits per heavy atom. The second-order valence-corrected chi connectivity index (χ2v) is 15.8. The molecule has 17 heavy (non-hydrogen) atoms. The Bertz CT molecular complexity index is 280. The van der Waals surface area contributed by atoms with Crippen molar-refractivity contribution in [2.75, 3.05) is 0 Å². The lowest BCUT2D eigenvalue weighted by Crippen LogP contribution is -2.42. The fourth-order valence-corrected chi connectivity index (χ4v) is 8.54. The van der Waals surface area contributed by atoms with Crippen LogP contribution in [0.15, 0.2) is 0 Å². The second-order valence-electron chi connectivity index (χ2n) is 5.65. The predicted octanol–water partition coefficient (Wildman–Crippen LogP) is 2.94. The van der Waals surface area contributed by atoms with E-state index in [1.165, 1.54) is 0 Å². The summed E-state index contributed by atoms with van der Waals surface area (Å²) in [4.78, 5) is 21.8. The Morgan fingerprint density at radius 1 is 1.06 bits per heavy atom. The topological polar surface area (TPSA) is 63.6 Å². The van der Waals surface area contributed by atoms with Gasteiger partial charge < -0.3 is 9.53 Å². The van der Waals surface area contributed by atoms with Crippen LogP contribution < -0.4 is 0 Å². The van der Waals surface area contributed by atoms with Crippen molar-refractivity contribution in [3.63, 3.8) is 0 Å². The van der Waals surface area contributed by atoms with E-state index in [9.17, 15) is 9.59 Å². The second kappa shape index (κ2) is 6.35. The van der Waals surface area contributed by atoms with E-state index in [-0.39, 0.29) is 0 Å². The van der Waals surface area contributed by atoms with Crippen LogP contribution in [-0.4, -0.2) is 33.4 Å². The van der Waals surface area contributed by atoms with Gasteiger partial charge in [0.2, 0.25) is 0 Å². The smallest absolute Gasteiger partial charge is 0.413 e. The quantitative estimate of drug-likeness (QED) is 0.598. The molecule has 0 atom stereocenters. The lowest BCUT2D eigenvalue weighted by Gasteiger charge is -2.30. The zero-order chi connectivity index (χ0) is 13.7. The van der Waals surface area contributed by atoms with Crippen LogP contribution in [-0.2, 0) is 14.0 Å². The van der Waals surface area contributed by atoms with Gasteiger partial charge in [0, 0.05) is 8.07 Å². The molecule has 0 aromatic rings. The van der Waals surface area contributed by atoms with Crippen LogP contribution in [0, 0.1) is 0 Å². The van der Waals surface area contributed by atoms with E-state index in [1.807, 2.05) is 13.8 Å². The van der Waals surface area contributed by atoms with Crippen LogP contribution in [0.3, 0.4) is 0 Å². The Hall–Kier alpha value is -0.626. The molecular weight excluding hydrogens is 252 g/mol. The molecule has 100 valence electrons. The summed E-state index contributed by atoms with van der Waals surface area (Å²) in [5, 5.41) is 8.62. The molecule has 0 aromatic carbocycles. The summed E-state index contributed by atoms with van der Waals surface area (Å²) in [7, 11) is -3.36. The van der Waals surface area contributed by atoms with E-state index in [1.54, 1.807) is 0 Å². The van der Waals surface area contributed by atoms with Gasteiger partial charge >= 0.3 is 11.9 Å². The maximum Gasteiger partial charge on any atom is 0.413 e. The molecule has 0 fully saturated rings. The maximum atomic E-state index is 11.2. The summed E-state index contributed by atoms with van der Waals surface area (Å²) >= 11 is 0. The number of carboxylic acids is 1. The van der Waals surface area contributed by atoms with E-state index in [4.69, 9.17) is 9.53 Å². The highest BCUT2D eigenvalue weighted by Gasteiger charge is 2.37. The zero-order valence-electron chi connectivity index (χ0n) is 11.5. The first-order valence-electron chi connectivity index (χ1n) is 6.12. The van der Waals surface area contributed by atoms with E-state index in [0.717, 1.165) is 24.2 Å². The minimum atomic E-state index is -2.17. The van der Waals surface area contributed by atoms with Crippen molar-refractivity contribution in [3.05, 3.63) is 0 Å². The minimum absolute atomic E-state index is 0.799. The number of carboxylic acid groups (broad SMARTS) is 1. The van der Waals surface area contributed by atoms with E-state index < -0.39 is 28.3 Å². The van der Waals surface area contributed by atoms with Gasteiger partial charge in [0.05, 0.1) is 0 Å². The van der Waals surface area contributed by atoms with Crippen molar-refractivity contribution in [2.24, 2.45) is 0 Å². The molecule has 0 aliphatic carbocycles. The normalized spacial score (nSPS) is 12.3. The van der Waals surface area contributed by atoms with Crippen LogP contribution >= 0.6 is 0 Å². The molecule has 0 saturated carbocycles. The molecule has 0 saturated heterocycles. The molecule has 0 aromatic heterocycles. The zero-order valence-corrected chi connectivity index (χ0v) is 13.5. The summed E-state index contributed by atoms with van der Waals surface area (Å²) in [6.45, 7) is 10.8. The van der Waals surface area contributed by atoms with Crippen molar-refractivity contribution >= 4 is 28.3 Å².